The van der Waals surface area contributed by atoms with Crippen LogP contribution in [0.2, 0.25) is 0 Å². The summed E-state index contributed by atoms with van der Waals surface area (Å²) in [7, 11) is 1.53. The molecule has 0 aliphatic carbocycles. The first kappa shape index (κ1) is 21.7. The van der Waals surface area contributed by atoms with E-state index in [-0.39, 0.29) is 30.8 Å². The summed E-state index contributed by atoms with van der Waals surface area (Å²) in [4.78, 5) is 42.0. The van der Waals surface area contributed by atoms with Gasteiger partial charge in [-0.2, -0.15) is 0 Å². The van der Waals surface area contributed by atoms with Crippen LogP contribution in [-0.2, 0) is 14.4 Å². The standard InChI is InChI=1S/C22H25N3O4S/c1-3-12-24(13-20(26)23-16-8-4-6-10-18(16)29-2)21(27)14-25-17-9-5-7-11-19(17)30-15-22(25)28/h4-11H,3,12-15H2,1-2H3,(H,23,26). The minimum Gasteiger partial charge on any atom is -0.495 e. The van der Waals surface area contributed by atoms with Crippen LogP contribution in [0.1, 0.15) is 13.3 Å². The summed E-state index contributed by atoms with van der Waals surface area (Å²) in [5.41, 5.74) is 1.29. The van der Waals surface area contributed by atoms with Gasteiger partial charge in [0.25, 0.3) is 0 Å². The summed E-state index contributed by atoms with van der Waals surface area (Å²) in [6.07, 6.45) is 0.702. The summed E-state index contributed by atoms with van der Waals surface area (Å²) in [5, 5.41) is 2.79. The van der Waals surface area contributed by atoms with Crippen LogP contribution in [0.5, 0.6) is 5.75 Å². The highest BCUT2D eigenvalue weighted by Gasteiger charge is 2.28. The summed E-state index contributed by atoms with van der Waals surface area (Å²) < 4.78 is 5.25. The monoisotopic (exact) mass is 427 g/mol. The molecule has 0 radical (unpaired) electrons. The number of anilines is 2. The van der Waals surface area contributed by atoms with Crippen LogP contribution in [0.15, 0.2) is 53.4 Å². The number of hydrogen-bond acceptors (Lipinski definition) is 5. The van der Waals surface area contributed by atoms with Gasteiger partial charge in [0.2, 0.25) is 17.7 Å². The van der Waals surface area contributed by atoms with E-state index < -0.39 is 0 Å². The highest BCUT2D eigenvalue weighted by Crippen LogP contribution is 2.34. The molecule has 30 heavy (non-hydrogen) atoms. The normalized spacial score (nSPS) is 12.9. The third kappa shape index (κ3) is 5.13. The Morgan fingerprint density at radius 2 is 1.90 bits per heavy atom. The van der Waals surface area contributed by atoms with E-state index in [0.717, 1.165) is 10.6 Å². The Balaban J connectivity index is 1.69. The van der Waals surface area contributed by atoms with Crippen LogP contribution in [0.4, 0.5) is 11.4 Å². The predicted octanol–water partition coefficient (Wildman–Crippen LogP) is 3.01. The van der Waals surface area contributed by atoms with Crippen molar-refractivity contribution in [3.05, 3.63) is 48.5 Å². The number of amides is 3. The van der Waals surface area contributed by atoms with Crippen molar-refractivity contribution in [3.63, 3.8) is 0 Å². The van der Waals surface area contributed by atoms with Crippen LogP contribution in [0, 0.1) is 0 Å². The van der Waals surface area contributed by atoms with Crippen molar-refractivity contribution in [2.24, 2.45) is 0 Å². The maximum absolute atomic E-state index is 13.0. The van der Waals surface area contributed by atoms with E-state index in [1.807, 2.05) is 37.3 Å². The average molecular weight is 428 g/mol. The van der Waals surface area contributed by atoms with Gasteiger partial charge in [0, 0.05) is 11.4 Å². The first-order valence-electron chi connectivity index (χ1n) is 9.76. The van der Waals surface area contributed by atoms with Gasteiger partial charge in [0.15, 0.2) is 0 Å². The van der Waals surface area contributed by atoms with Gasteiger partial charge in [-0.15, -0.1) is 11.8 Å². The molecular weight excluding hydrogens is 402 g/mol. The van der Waals surface area contributed by atoms with Crippen molar-refractivity contribution in [1.29, 1.82) is 0 Å². The lowest BCUT2D eigenvalue weighted by Gasteiger charge is -2.30. The molecule has 3 rings (SSSR count). The molecule has 1 aliphatic rings. The van der Waals surface area contributed by atoms with Crippen molar-refractivity contribution in [2.75, 3.05) is 42.7 Å². The molecule has 0 spiro atoms. The lowest BCUT2D eigenvalue weighted by molar-refractivity contribution is -0.134. The van der Waals surface area contributed by atoms with E-state index in [1.165, 1.54) is 28.7 Å². The average Bonchev–Trinajstić information content (AvgIpc) is 2.75. The maximum atomic E-state index is 13.0. The Morgan fingerprint density at radius 3 is 2.67 bits per heavy atom. The van der Waals surface area contributed by atoms with Crippen molar-refractivity contribution in [2.45, 2.75) is 18.2 Å². The summed E-state index contributed by atoms with van der Waals surface area (Å²) in [5.74, 6) is 0.158. The van der Waals surface area contributed by atoms with Gasteiger partial charge in [-0.25, -0.2) is 0 Å². The van der Waals surface area contributed by atoms with Gasteiger partial charge in [0.05, 0.1) is 30.8 Å². The molecule has 0 unspecified atom stereocenters. The second kappa shape index (κ2) is 10.2. The highest BCUT2D eigenvalue weighted by atomic mass is 32.2. The molecule has 7 nitrogen and oxygen atoms in total. The molecule has 0 saturated heterocycles. The number of rotatable bonds is 8. The molecule has 8 heteroatoms. The quantitative estimate of drug-likeness (QED) is 0.701. The van der Waals surface area contributed by atoms with E-state index in [1.54, 1.807) is 18.2 Å². The fraction of sp³-hybridized carbons (Fsp3) is 0.318. The summed E-state index contributed by atoms with van der Waals surface area (Å²) in [6.45, 7) is 2.19. The van der Waals surface area contributed by atoms with Gasteiger partial charge in [-0.05, 0) is 30.7 Å². The van der Waals surface area contributed by atoms with Gasteiger partial charge in [-0.3, -0.25) is 14.4 Å². The molecule has 0 aromatic heterocycles. The molecule has 0 saturated carbocycles. The minimum atomic E-state index is -0.317. The topological polar surface area (TPSA) is 79.0 Å². The van der Waals surface area contributed by atoms with Crippen LogP contribution in [0.25, 0.3) is 0 Å². The van der Waals surface area contributed by atoms with Crippen LogP contribution < -0.4 is 15.0 Å². The lowest BCUT2D eigenvalue weighted by Crippen LogP contribution is -2.47. The molecule has 0 fully saturated rings. The van der Waals surface area contributed by atoms with Crippen molar-refractivity contribution in [1.82, 2.24) is 4.90 Å². The van der Waals surface area contributed by atoms with Gasteiger partial charge in [-0.1, -0.05) is 31.2 Å². The fourth-order valence-corrected chi connectivity index (χ4v) is 4.17. The summed E-state index contributed by atoms with van der Waals surface area (Å²) >= 11 is 1.47. The number of carbonyl (C=O) groups is 3. The molecule has 2 aromatic rings. The molecule has 0 atom stereocenters. The van der Waals surface area contributed by atoms with Gasteiger partial charge < -0.3 is 19.9 Å². The number of ether oxygens (including phenoxy) is 1. The molecule has 1 heterocycles. The van der Waals surface area contributed by atoms with E-state index in [0.29, 0.717) is 30.2 Å². The largest absolute Gasteiger partial charge is 0.495 e. The number of nitrogens with one attached hydrogen (secondary N) is 1. The maximum Gasteiger partial charge on any atom is 0.244 e. The highest BCUT2D eigenvalue weighted by molar-refractivity contribution is 8.00. The smallest absolute Gasteiger partial charge is 0.244 e. The number of fused-ring (bicyclic) bond motifs is 1. The third-order valence-electron chi connectivity index (χ3n) is 4.66. The van der Waals surface area contributed by atoms with Crippen LogP contribution in [0.3, 0.4) is 0 Å². The molecule has 3 amide bonds. The van der Waals surface area contributed by atoms with E-state index in [4.69, 9.17) is 4.74 Å². The Morgan fingerprint density at radius 1 is 1.17 bits per heavy atom. The number of methoxy groups -OCH3 is 1. The number of thioether (sulfide) groups is 1. The van der Waals surface area contributed by atoms with E-state index >= 15 is 0 Å². The fourth-order valence-electron chi connectivity index (χ4n) is 3.24. The first-order valence-corrected chi connectivity index (χ1v) is 10.7. The molecular formula is C22H25N3O4S. The zero-order valence-electron chi connectivity index (χ0n) is 17.1. The molecule has 2 aromatic carbocycles. The predicted molar refractivity (Wildman–Crippen MR) is 118 cm³/mol. The Bertz CT molecular complexity index is 934. The Hall–Kier alpha value is -3.00. The lowest BCUT2D eigenvalue weighted by atomic mass is 10.2. The minimum absolute atomic E-state index is 0.0850. The molecule has 158 valence electrons. The zero-order valence-corrected chi connectivity index (χ0v) is 17.9. The third-order valence-corrected chi connectivity index (χ3v) is 5.71. The van der Waals surface area contributed by atoms with E-state index in [9.17, 15) is 14.4 Å². The molecule has 1 N–H and O–H groups in total. The Kier molecular flexibility index (Phi) is 7.35. The van der Waals surface area contributed by atoms with Crippen molar-refractivity contribution >= 4 is 40.9 Å². The van der Waals surface area contributed by atoms with Gasteiger partial charge >= 0.3 is 0 Å². The van der Waals surface area contributed by atoms with Gasteiger partial charge in [0.1, 0.15) is 12.3 Å². The van der Waals surface area contributed by atoms with E-state index in [2.05, 4.69) is 5.32 Å². The Labute approximate surface area is 180 Å². The summed E-state index contributed by atoms with van der Waals surface area (Å²) in [6, 6.07) is 14.6. The van der Waals surface area contributed by atoms with Crippen molar-refractivity contribution < 1.29 is 19.1 Å². The SMILES string of the molecule is CCCN(CC(=O)Nc1ccccc1OC)C(=O)CN1C(=O)CSc2ccccc21. The number of benzene rings is 2. The first-order chi connectivity index (χ1) is 14.5. The molecule has 1 aliphatic heterocycles. The second-order valence-electron chi connectivity index (χ2n) is 6.80. The van der Waals surface area contributed by atoms with Crippen LogP contribution in [-0.4, -0.2) is 55.1 Å². The van der Waals surface area contributed by atoms with Crippen LogP contribution >= 0.6 is 11.8 Å². The van der Waals surface area contributed by atoms with Crippen molar-refractivity contribution in [3.8, 4) is 5.75 Å². The zero-order chi connectivity index (χ0) is 21.5. The number of carbonyl (C=O) groups excluding carboxylic acids is 3. The second-order valence-corrected chi connectivity index (χ2v) is 7.82. The molecule has 0 bridgehead atoms. The number of nitrogens with zero attached hydrogens (tertiary/aromatic N) is 2. The number of hydrogen-bond donors (Lipinski definition) is 1. The number of para-hydroxylation sites is 3.